The standard InChI is InChI=1S/C23H23BrN4O2/c24-20-8-6-19(7-9-20)21-10-11-22(29)28(25-21)17-23(30)27-14-12-26(13-15-27)16-18-4-2-1-3-5-18/h1-11H,12-17H2. The van der Waals surface area contributed by atoms with Gasteiger partial charge < -0.3 is 4.90 Å². The van der Waals surface area contributed by atoms with Crippen LogP contribution in [-0.4, -0.2) is 51.7 Å². The molecule has 0 N–H and O–H groups in total. The van der Waals surface area contributed by atoms with E-state index >= 15 is 0 Å². The molecule has 1 saturated heterocycles. The van der Waals surface area contributed by atoms with Crippen molar-refractivity contribution in [2.24, 2.45) is 0 Å². The van der Waals surface area contributed by atoms with Crippen LogP contribution in [0.3, 0.4) is 0 Å². The molecule has 2 aromatic carbocycles. The minimum Gasteiger partial charge on any atom is -0.339 e. The first-order chi connectivity index (χ1) is 14.6. The fourth-order valence-corrected chi connectivity index (χ4v) is 3.83. The summed E-state index contributed by atoms with van der Waals surface area (Å²) in [7, 11) is 0. The Morgan fingerprint density at radius 1 is 0.900 bits per heavy atom. The van der Waals surface area contributed by atoms with Crippen molar-refractivity contribution in [2.45, 2.75) is 13.1 Å². The lowest BCUT2D eigenvalue weighted by Crippen LogP contribution is -2.49. The molecular weight excluding hydrogens is 444 g/mol. The first kappa shape index (κ1) is 20.5. The number of benzene rings is 2. The number of amides is 1. The predicted octanol–water partition coefficient (Wildman–Crippen LogP) is 3.02. The first-order valence-electron chi connectivity index (χ1n) is 9.97. The molecule has 0 aliphatic carbocycles. The van der Waals surface area contributed by atoms with E-state index in [1.54, 1.807) is 6.07 Å². The summed E-state index contributed by atoms with van der Waals surface area (Å²) in [6.07, 6.45) is 0. The van der Waals surface area contributed by atoms with Crippen molar-refractivity contribution in [3.05, 3.63) is 87.1 Å². The second-order valence-corrected chi connectivity index (χ2v) is 8.28. The summed E-state index contributed by atoms with van der Waals surface area (Å²) in [5.74, 6) is -0.0723. The summed E-state index contributed by atoms with van der Waals surface area (Å²) < 4.78 is 2.23. The molecule has 6 nitrogen and oxygen atoms in total. The third kappa shape index (κ3) is 5.04. The Morgan fingerprint density at radius 2 is 1.60 bits per heavy atom. The molecule has 0 spiro atoms. The minimum absolute atomic E-state index is 0.0398. The molecule has 1 amide bonds. The Bertz CT molecular complexity index is 1060. The van der Waals surface area contributed by atoms with Gasteiger partial charge in [0, 0.05) is 48.8 Å². The molecular formula is C23H23BrN4O2. The molecule has 30 heavy (non-hydrogen) atoms. The topological polar surface area (TPSA) is 58.4 Å². The molecule has 154 valence electrons. The van der Waals surface area contributed by atoms with Gasteiger partial charge in [0.1, 0.15) is 6.54 Å². The van der Waals surface area contributed by atoms with Crippen molar-refractivity contribution in [2.75, 3.05) is 26.2 Å². The van der Waals surface area contributed by atoms with Crippen molar-refractivity contribution < 1.29 is 4.79 Å². The maximum Gasteiger partial charge on any atom is 0.267 e. The number of rotatable bonds is 5. The molecule has 3 aromatic rings. The zero-order chi connectivity index (χ0) is 20.9. The van der Waals surface area contributed by atoms with Gasteiger partial charge in [0.15, 0.2) is 0 Å². The Morgan fingerprint density at radius 3 is 2.30 bits per heavy atom. The SMILES string of the molecule is O=C(Cn1nc(-c2ccc(Br)cc2)ccc1=O)N1CCN(Cc2ccccc2)CC1. The zero-order valence-electron chi connectivity index (χ0n) is 16.6. The lowest BCUT2D eigenvalue weighted by molar-refractivity contribution is -0.133. The number of halogens is 1. The van der Waals surface area contributed by atoms with E-state index in [-0.39, 0.29) is 18.0 Å². The molecule has 1 fully saturated rings. The molecule has 1 aliphatic rings. The van der Waals surface area contributed by atoms with Crippen LogP contribution in [0.25, 0.3) is 11.3 Å². The highest BCUT2D eigenvalue weighted by atomic mass is 79.9. The van der Waals surface area contributed by atoms with Crippen LogP contribution in [0, 0.1) is 0 Å². The van der Waals surface area contributed by atoms with Gasteiger partial charge in [-0.05, 0) is 23.8 Å². The Kier molecular flexibility index (Phi) is 6.40. The summed E-state index contributed by atoms with van der Waals surface area (Å²) in [6, 6.07) is 21.2. The maximum atomic E-state index is 12.8. The number of hydrogen-bond acceptors (Lipinski definition) is 4. The molecule has 0 radical (unpaired) electrons. The number of piperazine rings is 1. The molecule has 0 unspecified atom stereocenters. The fourth-order valence-electron chi connectivity index (χ4n) is 3.56. The van der Waals surface area contributed by atoms with Crippen molar-refractivity contribution >= 4 is 21.8 Å². The highest BCUT2D eigenvalue weighted by molar-refractivity contribution is 9.10. The van der Waals surface area contributed by atoms with Gasteiger partial charge >= 0.3 is 0 Å². The van der Waals surface area contributed by atoms with Crippen LogP contribution in [0.4, 0.5) is 0 Å². The van der Waals surface area contributed by atoms with Gasteiger partial charge in [-0.25, -0.2) is 4.68 Å². The average molecular weight is 467 g/mol. The van der Waals surface area contributed by atoms with Crippen LogP contribution < -0.4 is 5.56 Å². The maximum absolute atomic E-state index is 12.8. The van der Waals surface area contributed by atoms with Crippen molar-refractivity contribution in [3.63, 3.8) is 0 Å². The molecule has 1 aromatic heterocycles. The van der Waals surface area contributed by atoms with Crippen molar-refractivity contribution in [1.82, 2.24) is 19.6 Å². The zero-order valence-corrected chi connectivity index (χ0v) is 18.2. The third-order valence-electron chi connectivity index (χ3n) is 5.27. The lowest BCUT2D eigenvalue weighted by Gasteiger charge is -2.34. The molecule has 4 rings (SSSR count). The van der Waals surface area contributed by atoms with Gasteiger partial charge in [0.25, 0.3) is 5.56 Å². The molecule has 2 heterocycles. The van der Waals surface area contributed by atoms with Crippen LogP contribution in [0.5, 0.6) is 0 Å². The van der Waals surface area contributed by atoms with E-state index in [1.165, 1.54) is 16.3 Å². The number of hydrogen-bond donors (Lipinski definition) is 0. The van der Waals surface area contributed by atoms with Crippen LogP contribution in [0.1, 0.15) is 5.56 Å². The smallest absolute Gasteiger partial charge is 0.267 e. The molecule has 7 heteroatoms. The van der Waals surface area contributed by atoms with E-state index in [0.29, 0.717) is 18.8 Å². The van der Waals surface area contributed by atoms with Gasteiger partial charge in [-0.15, -0.1) is 0 Å². The van der Waals surface area contributed by atoms with E-state index in [0.717, 1.165) is 29.7 Å². The van der Waals surface area contributed by atoms with Gasteiger partial charge in [0.2, 0.25) is 5.91 Å². The summed E-state index contributed by atoms with van der Waals surface area (Å²) in [4.78, 5) is 29.2. The second-order valence-electron chi connectivity index (χ2n) is 7.36. The number of nitrogens with zero attached hydrogens (tertiary/aromatic N) is 4. The highest BCUT2D eigenvalue weighted by Crippen LogP contribution is 2.18. The van der Waals surface area contributed by atoms with Crippen LogP contribution in [-0.2, 0) is 17.9 Å². The van der Waals surface area contributed by atoms with Gasteiger partial charge in [-0.1, -0.05) is 58.4 Å². The van der Waals surface area contributed by atoms with Crippen LogP contribution >= 0.6 is 15.9 Å². The minimum atomic E-state index is -0.271. The van der Waals surface area contributed by atoms with E-state index in [2.05, 4.69) is 38.1 Å². The number of carbonyl (C=O) groups excluding carboxylic acids is 1. The summed E-state index contributed by atoms with van der Waals surface area (Å²) in [6.45, 7) is 3.81. The van der Waals surface area contributed by atoms with Gasteiger partial charge in [0.05, 0.1) is 5.69 Å². The summed E-state index contributed by atoms with van der Waals surface area (Å²) in [5, 5.41) is 4.41. The predicted molar refractivity (Wildman–Crippen MR) is 120 cm³/mol. The van der Waals surface area contributed by atoms with E-state index in [1.807, 2.05) is 47.4 Å². The van der Waals surface area contributed by atoms with Crippen molar-refractivity contribution in [3.8, 4) is 11.3 Å². The van der Waals surface area contributed by atoms with E-state index in [9.17, 15) is 9.59 Å². The number of carbonyl (C=O) groups is 1. The van der Waals surface area contributed by atoms with Crippen molar-refractivity contribution in [1.29, 1.82) is 0 Å². The Balaban J connectivity index is 1.38. The van der Waals surface area contributed by atoms with Gasteiger partial charge in [-0.3, -0.25) is 14.5 Å². The Hall–Kier alpha value is -2.77. The fraction of sp³-hybridized carbons (Fsp3) is 0.261. The second kappa shape index (κ2) is 9.36. The number of aromatic nitrogens is 2. The lowest BCUT2D eigenvalue weighted by atomic mass is 10.1. The monoisotopic (exact) mass is 466 g/mol. The summed E-state index contributed by atoms with van der Waals surface area (Å²) >= 11 is 3.41. The molecule has 0 bridgehead atoms. The van der Waals surface area contributed by atoms with Gasteiger partial charge in [-0.2, -0.15) is 5.10 Å². The summed E-state index contributed by atoms with van der Waals surface area (Å²) in [5.41, 5.74) is 2.57. The van der Waals surface area contributed by atoms with Crippen LogP contribution in [0.15, 0.2) is 76.0 Å². The van der Waals surface area contributed by atoms with E-state index < -0.39 is 0 Å². The Labute approximate surface area is 183 Å². The highest BCUT2D eigenvalue weighted by Gasteiger charge is 2.22. The quantitative estimate of drug-likeness (QED) is 0.579. The third-order valence-corrected chi connectivity index (χ3v) is 5.79. The average Bonchev–Trinajstić information content (AvgIpc) is 2.77. The normalized spacial score (nSPS) is 14.6. The van der Waals surface area contributed by atoms with E-state index in [4.69, 9.17) is 0 Å². The molecule has 0 saturated carbocycles. The molecule has 0 atom stereocenters. The first-order valence-corrected chi connectivity index (χ1v) is 10.8. The largest absolute Gasteiger partial charge is 0.339 e. The van der Waals surface area contributed by atoms with Crippen LogP contribution in [0.2, 0.25) is 0 Å². The molecule has 1 aliphatic heterocycles.